The van der Waals surface area contributed by atoms with E-state index in [9.17, 15) is 13.2 Å². The van der Waals surface area contributed by atoms with Crippen LogP contribution in [0, 0.1) is 12.8 Å². The van der Waals surface area contributed by atoms with Gasteiger partial charge in [0.25, 0.3) is 0 Å². The maximum Gasteiger partial charge on any atom is 0.243 e. The van der Waals surface area contributed by atoms with Crippen LogP contribution >= 0.6 is 0 Å². The molecule has 1 aliphatic rings. The molecule has 0 spiro atoms. The van der Waals surface area contributed by atoms with E-state index in [1.807, 2.05) is 17.7 Å². The largest absolute Gasteiger partial charge is 0.356 e. The minimum Gasteiger partial charge on any atom is -0.356 e. The first-order chi connectivity index (χ1) is 13.0. The molecule has 0 saturated carbocycles. The first kappa shape index (κ1) is 19.6. The molecule has 1 aromatic carbocycles. The van der Waals surface area contributed by atoms with Crippen LogP contribution in [0.5, 0.6) is 0 Å². The lowest BCUT2D eigenvalue weighted by Gasteiger charge is -2.31. The third-order valence-electron chi connectivity index (χ3n) is 4.87. The van der Waals surface area contributed by atoms with Crippen LogP contribution in [0.4, 0.5) is 0 Å². The van der Waals surface area contributed by atoms with E-state index in [2.05, 4.69) is 10.3 Å². The molecular weight excluding hydrogens is 364 g/mol. The summed E-state index contributed by atoms with van der Waals surface area (Å²) in [5.41, 5.74) is 1.01. The number of benzene rings is 1. The molecule has 0 bridgehead atoms. The van der Waals surface area contributed by atoms with Gasteiger partial charge in [0.1, 0.15) is 0 Å². The van der Waals surface area contributed by atoms with E-state index < -0.39 is 10.0 Å². The van der Waals surface area contributed by atoms with Gasteiger partial charge in [0.2, 0.25) is 15.9 Å². The summed E-state index contributed by atoms with van der Waals surface area (Å²) in [7, 11) is -3.56. The molecule has 146 valence electrons. The van der Waals surface area contributed by atoms with Crippen LogP contribution in [0.25, 0.3) is 0 Å². The number of nitrogens with one attached hydrogen (secondary N) is 1. The number of aromatic nitrogens is 2. The molecule has 1 aromatic heterocycles. The summed E-state index contributed by atoms with van der Waals surface area (Å²) in [5.74, 6) is -0.364. The maximum absolute atomic E-state index is 12.8. The van der Waals surface area contributed by atoms with E-state index in [-0.39, 0.29) is 23.3 Å². The van der Waals surface area contributed by atoms with Gasteiger partial charge in [-0.25, -0.2) is 13.4 Å². The predicted octanol–water partition coefficient (Wildman–Crippen LogP) is 1.80. The van der Waals surface area contributed by atoms with Crippen molar-refractivity contribution in [3.63, 3.8) is 0 Å². The number of amides is 1. The molecule has 2 aromatic rings. The predicted molar refractivity (Wildman–Crippen MR) is 103 cm³/mol. The Hall–Kier alpha value is -2.19. The number of carbonyl (C=O) groups excluding carboxylic acids is 1. The van der Waals surface area contributed by atoms with Crippen LogP contribution in [0.1, 0.15) is 24.8 Å². The monoisotopic (exact) mass is 390 g/mol. The molecule has 1 N–H and O–H groups in total. The molecule has 0 unspecified atom stereocenters. The fraction of sp³-hybridized carbons (Fsp3) is 0.474. The van der Waals surface area contributed by atoms with Crippen LogP contribution in [0.2, 0.25) is 0 Å². The number of hydrogen-bond donors (Lipinski definition) is 1. The number of nitrogens with zero attached hydrogens (tertiary/aromatic N) is 3. The molecule has 0 radical (unpaired) electrons. The average Bonchev–Trinajstić information content (AvgIpc) is 3.19. The zero-order valence-corrected chi connectivity index (χ0v) is 16.4. The molecule has 1 atom stereocenters. The number of sulfonamides is 1. The van der Waals surface area contributed by atoms with Crippen LogP contribution in [0.15, 0.2) is 47.9 Å². The molecule has 2 heterocycles. The Morgan fingerprint density at radius 3 is 2.78 bits per heavy atom. The molecule has 27 heavy (non-hydrogen) atoms. The zero-order valence-electron chi connectivity index (χ0n) is 15.5. The van der Waals surface area contributed by atoms with Gasteiger partial charge in [-0.2, -0.15) is 4.31 Å². The van der Waals surface area contributed by atoms with Gasteiger partial charge in [-0.3, -0.25) is 4.79 Å². The van der Waals surface area contributed by atoms with E-state index >= 15 is 0 Å². The Morgan fingerprint density at radius 2 is 2.07 bits per heavy atom. The van der Waals surface area contributed by atoms with Crippen molar-refractivity contribution in [3.05, 3.63) is 48.5 Å². The smallest absolute Gasteiger partial charge is 0.243 e. The van der Waals surface area contributed by atoms with E-state index in [1.54, 1.807) is 36.8 Å². The van der Waals surface area contributed by atoms with E-state index in [4.69, 9.17) is 0 Å². The first-order valence-corrected chi connectivity index (χ1v) is 10.7. The second-order valence-electron chi connectivity index (χ2n) is 6.96. The maximum atomic E-state index is 12.8. The lowest BCUT2D eigenvalue weighted by atomic mass is 9.99. The lowest BCUT2D eigenvalue weighted by molar-refractivity contribution is -0.126. The van der Waals surface area contributed by atoms with Crippen molar-refractivity contribution in [2.24, 2.45) is 5.92 Å². The topological polar surface area (TPSA) is 84.3 Å². The average molecular weight is 391 g/mol. The van der Waals surface area contributed by atoms with Crippen LogP contribution in [-0.4, -0.2) is 47.8 Å². The second-order valence-corrected chi connectivity index (χ2v) is 8.90. The highest BCUT2D eigenvalue weighted by Crippen LogP contribution is 2.24. The molecule has 0 aliphatic carbocycles. The van der Waals surface area contributed by atoms with Crippen molar-refractivity contribution in [1.82, 2.24) is 19.2 Å². The number of piperidine rings is 1. The fourth-order valence-electron chi connectivity index (χ4n) is 3.27. The Labute approximate surface area is 160 Å². The van der Waals surface area contributed by atoms with Crippen molar-refractivity contribution in [3.8, 4) is 0 Å². The van der Waals surface area contributed by atoms with Gasteiger partial charge in [0.05, 0.1) is 17.1 Å². The lowest BCUT2D eigenvalue weighted by Crippen LogP contribution is -2.45. The highest BCUT2D eigenvalue weighted by Gasteiger charge is 2.33. The number of aryl methyl sites for hydroxylation is 2. The van der Waals surface area contributed by atoms with Crippen molar-refractivity contribution >= 4 is 15.9 Å². The summed E-state index contributed by atoms with van der Waals surface area (Å²) in [6.45, 7) is 3.98. The molecule has 7 nitrogen and oxygen atoms in total. The standard InChI is InChI=1S/C19H26N4O3S/c1-16-5-7-18(8-6-16)27(25,26)23-12-2-4-17(14-23)19(24)21-9-3-11-22-13-10-20-15-22/h5-8,10,13,15,17H,2-4,9,11-12,14H2,1H3,(H,21,24)/t17-/m0/s1. The van der Waals surface area contributed by atoms with E-state index in [0.29, 0.717) is 25.9 Å². The Balaban J connectivity index is 1.53. The van der Waals surface area contributed by atoms with Crippen molar-refractivity contribution < 1.29 is 13.2 Å². The molecule has 1 aliphatic heterocycles. The van der Waals surface area contributed by atoms with Gasteiger partial charge in [-0.1, -0.05) is 17.7 Å². The van der Waals surface area contributed by atoms with Crippen molar-refractivity contribution in [1.29, 1.82) is 0 Å². The SMILES string of the molecule is Cc1ccc(S(=O)(=O)N2CCC[C@H](C(=O)NCCCn3ccnc3)C2)cc1. The molecule has 1 fully saturated rings. The van der Waals surface area contributed by atoms with Gasteiger partial charge < -0.3 is 9.88 Å². The number of imidazole rings is 1. The third-order valence-corrected chi connectivity index (χ3v) is 6.74. The Bertz CT molecular complexity index is 848. The number of rotatable bonds is 7. The van der Waals surface area contributed by atoms with Crippen LogP contribution in [0.3, 0.4) is 0 Å². The van der Waals surface area contributed by atoms with Gasteiger partial charge in [0, 0.05) is 38.6 Å². The molecule has 1 amide bonds. The number of carbonyl (C=O) groups is 1. The zero-order chi connectivity index (χ0) is 19.3. The quantitative estimate of drug-likeness (QED) is 0.731. The second kappa shape index (κ2) is 8.67. The van der Waals surface area contributed by atoms with Gasteiger partial charge >= 0.3 is 0 Å². The van der Waals surface area contributed by atoms with Gasteiger partial charge in [0.15, 0.2) is 0 Å². The normalized spacial score (nSPS) is 18.3. The highest BCUT2D eigenvalue weighted by atomic mass is 32.2. The molecule has 3 rings (SSSR count). The Kier molecular flexibility index (Phi) is 6.28. The molecule has 8 heteroatoms. The summed E-state index contributed by atoms with van der Waals surface area (Å²) < 4.78 is 29.1. The minimum absolute atomic E-state index is 0.0653. The van der Waals surface area contributed by atoms with E-state index in [0.717, 1.165) is 18.5 Å². The summed E-state index contributed by atoms with van der Waals surface area (Å²) in [6.07, 6.45) is 7.57. The van der Waals surface area contributed by atoms with E-state index in [1.165, 1.54) is 4.31 Å². The fourth-order valence-corrected chi connectivity index (χ4v) is 4.79. The highest BCUT2D eigenvalue weighted by molar-refractivity contribution is 7.89. The van der Waals surface area contributed by atoms with Crippen LogP contribution < -0.4 is 5.32 Å². The van der Waals surface area contributed by atoms with Crippen LogP contribution in [-0.2, 0) is 21.4 Å². The van der Waals surface area contributed by atoms with Crippen molar-refractivity contribution in [2.75, 3.05) is 19.6 Å². The minimum atomic E-state index is -3.56. The summed E-state index contributed by atoms with van der Waals surface area (Å²) in [5, 5.41) is 2.94. The number of hydrogen-bond acceptors (Lipinski definition) is 4. The van der Waals surface area contributed by atoms with Crippen molar-refractivity contribution in [2.45, 2.75) is 37.6 Å². The molecular formula is C19H26N4O3S. The third kappa shape index (κ3) is 4.95. The summed E-state index contributed by atoms with van der Waals surface area (Å²) in [4.78, 5) is 16.7. The summed E-state index contributed by atoms with van der Waals surface area (Å²) in [6, 6.07) is 6.84. The Morgan fingerprint density at radius 1 is 1.30 bits per heavy atom. The first-order valence-electron chi connectivity index (χ1n) is 9.27. The van der Waals surface area contributed by atoms with Gasteiger partial charge in [-0.05, 0) is 38.3 Å². The van der Waals surface area contributed by atoms with Gasteiger partial charge in [-0.15, -0.1) is 0 Å². The molecule has 1 saturated heterocycles. The summed E-state index contributed by atoms with van der Waals surface area (Å²) >= 11 is 0.